The van der Waals surface area contributed by atoms with Crippen LogP contribution in [0.25, 0.3) is 11.5 Å². The Morgan fingerprint density at radius 1 is 1.25 bits per heavy atom. The monoisotopic (exact) mass is 347 g/mol. The van der Waals surface area contributed by atoms with Crippen LogP contribution in [-0.4, -0.2) is 34.1 Å². The van der Waals surface area contributed by atoms with E-state index in [1.54, 1.807) is 4.68 Å². The van der Waals surface area contributed by atoms with Crippen LogP contribution in [0.1, 0.15) is 32.6 Å². The first-order valence-corrected chi connectivity index (χ1v) is 8.87. The fourth-order valence-corrected chi connectivity index (χ4v) is 3.60. The summed E-state index contributed by atoms with van der Waals surface area (Å²) in [6.07, 6.45) is 4.94. The maximum atomic E-state index is 5.71. The van der Waals surface area contributed by atoms with Crippen LogP contribution >= 0.6 is 12.2 Å². The van der Waals surface area contributed by atoms with Crippen molar-refractivity contribution in [3.05, 3.63) is 23.0 Å². The summed E-state index contributed by atoms with van der Waals surface area (Å²) in [6.45, 7) is 4.27. The van der Waals surface area contributed by atoms with E-state index < -0.39 is 0 Å². The predicted octanol–water partition coefficient (Wildman–Crippen LogP) is 3.82. The lowest BCUT2D eigenvalue weighted by Crippen LogP contribution is -2.40. The van der Waals surface area contributed by atoms with Gasteiger partial charge in [0.15, 0.2) is 11.5 Å². The zero-order valence-electron chi connectivity index (χ0n) is 13.7. The summed E-state index contributed by atoms with van der Waals surface area (Å²) < 4.78 is 18.2. The first-order chi connectivity index (χ1) is 11.7. The van der Waals surface area contributed by atoms with Gasteiger partial charge in [0.1, 0.15) is 0 Å². The van der Waals surface area contributed by atoms with Gasteiger partial charge in [0.05, 0.1) is 6.67 Å². The molecule has 1 atom stereocenters. The van der Waals surface area contributed by atoms with Crippen LogP contribution in [-0.2, 0) is 6.67 Å². The van der Waals surface area contributed by atoms with E-state index in [4.69, 9.17) is 26.1 Å². The smallest absolute Gasteiger partial charge is 0.288 e. The van der Waals surface area contributed by atoms with Crippen LogP contribution in [0.2, 0.25) is 0 Å². The third-order valence-corrected chi connectivity index (χ3v) is 5.06. The van der Waals surface area contributed by atoms with Crippen molar-refractivity contribution in [2.24, 2.45) is 0 Å². The molecule has 2 aliphatic heterocycles. The molecule has 0 spiro atoms. The molecular formula is C17H21N3O3S. The van der Waals surface area contributed by atoms with E-state index in [0.29, 0.717) is 29.2 Å². The predicted molar refractivity (Wildman–Crippen MR) is 91.5 cm³/mol. The van der Waals surface area contributed by atoms with E-state index in [0.717, 1.165) is 24.3 Å². The summed E-state index contributed by atoms with van der Waals surface area (Å²) in [5.74, 6) is 1.98. The highest BCUT2D eigenvalue weighted by molar-refractivity contribution is 7.71. The molecule has 24 heavy (non-hydrogen) atoms. The largest absolute Gasteiger partial charge is 0.454 e. The van der Waals surface area contributed by atoms with Gasteiger partial charge in [-0.05, 0) is 49.7 Å². The van der Waals surface area contributed by atoms with Crippen molar-refractivity contribution >= 4 is 12.2 Å². The number of rotatable bonds is 4. The molecule has 1 unspecified atom stereocenters. The van der Waals surface area contributed by atoms with Crippen LogP contribution in [0.5, 0.6) is 11.5 Å². The topological polar surface area (TPSA) is 52.7 Å². The molecule has 0 amide bonds. The molecular weight excluding hydrogens is 326 g/mol. The van der Waals surface area contributed by atoms with Gasteiger partial charge in [-0.2, -0.15) is 0 Å². The highest BCUT2D eigenvalue weighted by atomic mass is 32.1. The van der Waals surface area contributed by atoms with Crippen LogP contribution in [0.3, 0.4) is 0 Å². The summed E-state index contributed by atoms with van der Waals surface area (Å²) >= 11 is 5.37. The van der Waals surface area contributed by atoms with Crippen molar-refractivity contribution in [3.63, 3.8) is 0 Å². The zero-order chi connectivity index (χ0) is 16.5. The third kappa shape index (κ3) is 2.93. The molecule has 7 heteroatoms. The Hall–Kier alpha value is -1.86. The first kappa shape index (κ1) is 15.7. The van der Waals surface area contributed by atoms with Crippen molar-refractivity contribution in [1.29, 1.82) is 0 Å². The second-order valence-electron chi connectivity index (χ2n) is 6.25. The normalized spacial score (nSPS) is 20.5. The summed E-state index contributed by atoms with van der Waals surface area (Å²) in [7, 11) is 0. The van der Waals surface area contributed by atoms with Gasteiger partial charge in [0, 0.05) is 18.2 Å². The van der Waals surface area contributed by atoms with Crippen molar-refractivity contribution in [2.45, 2.75) is 45.3 Å². The van der Waals surface area contributed by atoms with E-state index in [9.17, 15) is 0 Å². The van der Waals surface area contributed by atoms with E-state index >= 15 is 0 Å². The molecule has 1 fully saturated rings. The van der Waals surface area contributed by atoms with Gasteiger partial charge in [0.2, 0.25) is 12.7 Å². The second kappa shape index (κ2) is 6.57. The van der Waals surface area contributed by atoms with Gasteiger partial charge in [0.25, 0.3) is 4.84 Å². The maximum Gasteiger partial charge on any atom is 0.288 e. The van der Waals surface area contributed by atoms with E-state index in [2.05, 4.69) is 16.9 Å². The van der Waals surface area contributed by atoms with Crippen molar-refractivity contribution in [3.8, 4) is 23.0 Å². The number of aromatic nitrogens is 2. The fourth-order valence-electron chi connectivity index (χ4n) is 3.42. The van der Waals surface area contributed by atoms with Crippen LogP contribution in [0.4, 0.5) is 0 Å². The summed E-state index contributed by atoms with van der Waals surface area (Å²) in [5, 5.41) is 4.58. The molecule has 4 rings (SSSR count). The minimum Gasteiger partial charge on any atom is -0.454 e. The number of nitrogens with zero attached hydrogens (tertiary/aromatic N) is 3. The zero-order valence-corrected chi connectivity index (χ0v) is 14.6. The minimum absolute atomic E-state index is 0.254. The number of hydrogen-bond acceptors (Lipinski definition) is 6. The number of ether oxygens (including phenoxy) is 2. The van der Waals surface area contributed by atoms with Gasteiger partial charge >= 0.3 is 0 Å². The number of likely N-dealkylation sites (tertiary alicyclic amines) is 1. The van der Waals surface area contributed by atoms with Gasteiger partial charge < -0.3 is 13.9 Å². The van der Waals surface area contributed by atoms with Gasteiger partial charge in [-0.3, -0.25) is 4.90 Å². The Kier molecular flexibility index (Phi) is 4.28. The van der Waals surface area contributed by atoms with Crippen molar-refractivity contribution in [1.82, 2.24) is 14.7 Å². The fraction of sp³-hybridized carbons (Fsp3) is 0.529. The summed E-state index contributed by atoms with van der Waals surface area (Å²) in [4.78, 5) is 2.86. The van der Waals surface area contributed by atoms with Gasteiger partial charge in [-0.15, -0.1) is 5.10 Å². The molecule has 2 aliphatic rings. The third-order valence-electron chi connectivity index (χ3n) is 4.76. The quantitative estimate of drug-likeness (QED) is 0.784. The Bertz CT molecular complexity index is 786. The lowest BCUT2D eigenvalue weighted by atomic mass is 10.0. The summed E-state index contributed by atoms with van der Waals surface area (Å²) in [5.41, 5.74) is 0.842. The van der Waals surface area contributed by atoms with E-state index in [-0.39, 0.29) is 6.79 Å². The molecule has 1 aromatic carbocycles. The van der Waals surface area contributed by atoms with Crippen LogP contribution in [0, 0.1) is 4.84 Å². The first-order valence-electron chi connectivity index (χ1n) is 8.46. The maximum absolute atomic E-state index is 5.71. The number of fused-ring (bicyclic) bond motifs is 1. The Labute approximate surface area is 146 Å². The molecule has 1 aromatic heterocycles. The SMILES string of the molecule is CCC1CCCCN1Cn1nc(-c2ccc3c(c2)OCO3)oc1=S. The molecule has 2 aromatic rings. The number of piperidine rings is 1. The molecule has 128 valence electrons. The molecule has 1 saturated heterocycles. The number of benzene rings is 1. The molecule has 3 heterocycles. The van der Waals surface area contributed by atoms with E-state index in [1.807, 2.05) is 18.2 Å². The number of hydrogen-bond donors (Lipinski definition) is 0. The standard InChI is InChI=1S/C17H21N3O3S/c1-2-13-5-3-4-8-19(13)10-20-17(24)23-16(18-20)12-6-7-14-15(9-12)22-11-21-14/h6-7,9,13H,2-5,8,10-11H2,1H3. The van der Waals surface area contributed by atoms with Crippen LogP contribution in [0.15, 0.2) is 22.6 Å². The lowest BCUT2D eigenvalue weighted by molar-refractivity contribution is 0.0994. The molecule has 0 aliphatic carbocycles. The van der Waals surface area contributed by atoms with Crippen LogP contribution < -0.4 is 9.47 Å². The average molecular weight is 347 g/mol. The van der Waals surface area contributed by atoms with Gasteiger partial charge in [-0.25, -0.2) is 4.68 Å². The molecule has 6 nitrogen and oxygen atoms in total. The van der Waals surface area contributed by atoms with E-state index in [1.165, 1.54) is 19.3 Å². The average Bonchev–Trinajstić information content (AvgIpc) is 3.21. The molecule has 0 saturated carbocycles. The molecule has 0 bridgehead atoms. The molecule has 0 N–H and O–H groups in total. The lowest BCUT2D eigenvalue weighted by Gasteiger charge is -2.34. The Morgan fingerprint density at radius 2 is 2.12 bits per heavy atom. The Morgan fingerprint density at radius 3 is 3.00 bits per heavy atom. The minimum atomic E-state index is 0.254. The highest BCUT2D eigenvalue weighted by Gasteiger charge is 2.22. The highest BCUT2D eigenvalue weighted by Crippen LogP contribution is 2.35. The Balaban J connectivity index is 1.57. The van der Waals surface area contributed by atoms with Crippen molar-refractivity contribution < 1.29 is 13.9 Å². The van der Waals surface area contributed by atoms with Crippen molar-refractivity contribution in [2.75, 3.05) is 13.3 Å². The summed E-state index contributed by atoms with van der Waals surface area (Å²) in [6, 6.07) is 6.26. The molecule has 0 radical (unpaired) electrons. The van der Waals surface area contributed by atoms with Gasteiger partial charge in [-0.1, -0.05) is 13.3 Å². The second-order valence-corrected chi connectivity index (χ2v) is 6.60.